The normalized spacial score (nSPS) is 10.4. The van der Waals surface area contributed by atoms with Crippen LogP contribution < -0.4 is 10.6 Å². The molecule has 0 unspecified atom stereocenters. The number of hydrogen-bond acceptors (Lipinski definition) is 2. The summed E-state index contributed by atoms with van der Waals surface area (Å²) >= 11 is 11.8. The molecule has 0 radical (unpaired) electrons. The minimum absolute atomic E-state index is 0.305. The number of benzene rings is 1. The summed E-state index contributed by atoms with van der Waals surface area (Å²) in [5.41, 5.74) is 0.874. The van der Waals surface area contributed by atoms with Crippen molar-refractivity contribution in [3.8, 4) is 0 Å². The quantitative estimate of drug-likeness (QED) is 0.820. The Morgan fingerprint density at radius 3 is 2.40 bits per heavy atom. The number of nitrogens with one attached hydrogen (secondary N) is 2. The van der Waals surface area contributed by atoms with Crippen LogP contribution in [0.5, 0.6) is 0 Å². The molecular formula is C14H18Cl2N2O2. The molecule has 1 aromatic rings. The standard InChI is InChI=1S/C14H18Cl2N2O2/c1-9(2)8-18-14(20)13(19)17-6-5-10-3-4-11(15)7-12(10)16/h3-4,7,9H,5-6,8H2,1-2H3,(H,17,19)(H,18,20). The van der Waals surface area contributed by atoms with E-state index in [4.69, 9.17) is 23.2 Å². The third-order valence-corrected chi connectivity index (χ3v) is 3.16. The van der Waals surface area contributed by atoms with Gasteiger partial charge in [0.15, 0.2) is 0 Å². The second kappa shape index (κ2) is 8.12. The largest absolute Gasteiger partial charge is 0.348 e. The highest BCUT2D eigenvalue weighted by Crippen LogP contribution is 2.20. The fourth-order valence-electron chi connectivity index (χ4n) is 1.49. The Balaban J connectivity index is 2.36. The highest BCUT2D eigenvalue weighted by molar-refractivity contribution is 6.35. The van der Waals surface area contributed by atoms with E-state index in [9.17, 15) is 9.59 Å². The third-order valence-electron chi connectivity index (χ3n) is 2.57. The van der Waals surface area contributed by atoms with E-state index in [-0.39, 0.29) is 0 Å². The fourth-order valence-corrected chi connectivity index (χ4v) is 2.00. The topological polar surface area (TPSA) is 58.2 Å². The van der Waals surface area contributed by atoms with Gasteiger partial charge in [-0.2, -0.15) is 0 Å². The molecule has 0 bridgehead atoms. The van der Waals surface area contributed by atoms with Crippen LogP contribution in [0.2, 0.25) is 10.0 Å². The average molecular weight is 317 g/mol. The van der Waals surface area contributed by atoms with Gasteiger partial charge in [0, 0.05) is 23.1 Å². The Hall–Kier alpha value is -1.26. The van der Waals surface area contributed by atoms with Gasteiger partial charge < -0.3 is 10.6 Å². The van der Waals surface area contributed by atoms with E-state index in [1.807, 2.05) is 13.8 Å². The summed E-state index contributed by atoms with van der Waals surface area (Å²) in [5, 5.41) is 6.23. The molecule has 6 heteroatoms. The van der Waals surface area contributed by atoms with Crippen LogP contribution in [0.15, 0.2) is 18.2 Å². The number of halogens is 2. The van der Waals surface area contributed by atoms with Crippen molar-refractivity contribution in [2.24, 2.45) is 5.92 Å². The van der Waals surface area contributed by atoms with E-state index in [0.717, 1.165) is 5.56 Å². The zero-order chi connectivity index (χ0) is 15.1. The highest BCUT2D eigenvalue weighted by Gasteiger charge is 2.12. The van der Waals surface area contributed by atoms with Crippen LogP contribution in [0, 0.1) is 5.92 Å². The number of hydrogen-bond donors (Lipinski definition) is 2. The summed E-state index contributed by atoms with van der Waals surface area (Å²) < 4.78 is 0. The van der Waals surface area contributed by atoms with Crippen LogP contribution >= 0.6 is 23.2 Å². The van der Waals surface area contributed by atoms with Gasteiger partial charge in [0.2, 0.25) is 0 Å². The summed E-state index contributed by atoms with van der Waals surface area (Å²) in [5.74, 6) is -0.934. The fraction of sp³-hybridized carbons (Fsp3) is 0.429. The molecule has 20 heavy (non-hydrogen) atoms. The van der Waals surface area contributed by atoms with Crippen LogP contribution in [0.25, 0.3) is 0 Å². The Labute approximate surface area is 128 Å². The smallest absolute Gasteiger partial charge is 0.309 e. The van der Waals surface area contributed by atoms with Gasteiger partial charge in [-0.1, -0.05) is 43.1 Å². The van der Waals surface area contributed by atoms with Gasteiger partial charge in [-0.05, 0) is 30.0 Å². The van der Waals surface area contributed by atoms with E-state index >= 15 is 0 Å². The van der Waals surface area contributed by atoms with Gasteiger partial charge in [-0.15, -0.1) is 0 Å². The number of amides is 2. The second-order valence-corrected chi connectivity index (χ2v) is 5.69. The molecule has 0 saturated heterocycles. The van der Waals surface area contributed by atoms with Crippen LogP contribution in [0.1, 0.15) is 19.4 Å². The first-order valence-electron chi connectivity index (χ1n) is 6.40. The molecule has 4 nitrogen and oxygen atoms in total. The van der Waals surface area contributed by atoms with Crippen molar-refractivity contribution in [1.29, 1.82) is 0 Å². The lowest BCUT2D eigenvalue weighted by molar-refractivity contribution is -0.139. The molecule has 0 aliphatic heterocycles. The van der Waals surface area contributed by atoms with Crippen molar-refractivity contribution in [1.82, 2.24) is 10.6 Å². The van der Waals surface area contributed by atoms with E-state index in [0.29, 0.717) is 35.5 Å². The average Bonchev–Trinajstić information content (AvgIpc) is 2.38. The van der Waals surface area contributed by atoms with Crippen molar-refractivity contribution in [3.05, 3.63) is 33.8 Å². The number of carbonyl (C=O) groups excluding carboxylic acids is 2. The first-order valence-corrected chi connectivity index (χ1v) is 7.15. The molecule has 1 aromatic carbocycles. The van der Waals surface area contributed by atoms with Crippen molar-refractivity contribution >= 4 is 35.0 Å². The van der Waals surface area contributed by atoms with E-state index in [1.54, 1.807) is 18.2 Å². The molecule has 0 aliphatic rings. The van der Waals surface area contributed by atoms with Crippen molar-refractivity contribution in [3.63, 3.8) is 0 Å². The van der Waals surface area contributed by atoms with Crippen LogP contribution in [-0.4, -0.2) is 24.9 Å². The lowest BCUT2D eigenvalue weighted by Crippen LogP contribution is -2.41. The molecule has 0 fully saturated rings. The first kappa shape index (κ1) is 16.8. The van der Waals surface area contributed by atoms with Gasteiger partial charge in [0.25, 0.3) is 0 Å². The van der Waals surface area contributed by atoms with Gasteiger partial charge in [0.05, 0.1) is 0 Å². The maximum absolute atomic E-state index is 11.5. The molecule has 2 N–H and O–H groups in total. The summed E-state index contributed by atoms with van der Waals surface area (Å²) in [6, 6.07) is 5.19. The van der Waals surface area contributed by atoms with Gasteiger partial charge in [-0.25, -0.2) is 0 Å². The predicted molar refractivity (Wildman–Crippen MR) is 81.0 cm³/mol. The van der Waals surface area contributed by atoms with Crippen molar-refractivity contribution in [2.75, 3.05) is 13.1 Å². The molecule has 0 spiro atoms. The predicted octanol–water partition coefficient (Wildman–Crippen LogP) is 2.42. The molecule has 0 heterocycles. The third kappa shape index (κ3) is 5.80. The minimum Gasteiger partial charge on any atom is -0.348 e. The zero-order valence-electron chi connectivity index (χ0n) is 11.5. The monoisotopic (exact) mass is 316 g/mol. The summed E-state index contributed by atoms with van der Waals surface area (Å²) in [6.45, 7) is 4.74. The first-order chi connectivity index (χ1) is 9.40. The molecular weight excluding hydrogens is 299 g/mol. The van der Waals surface area contributed by atoms with Crippen LogP contribution in [0.4, 0.5) is 0 Å². The molecule has 0 atom stereocenters. The summed E-state index contributed by atoms with van der Waals surface area (Å²) in [4.78, 5) is 22.9. The lowest BCUT2D eigenvalue weighted by Gasteiger charge is -2.09. The van der Waals surface area contributed by atoms with E-state index in [1.165, 1.54) is 0 Å². The van der Waals surface area contributed by atoms with Gasteiger partial charge in [0.1, 0.15) is 0 Å². The van der Waals surface area contributed by atoms with Gasteiger partial charge in [-0.3, -0.25) is 9.59 Å². The SMILES string of the molecule is CC(C)CNC(=O)C(=O)NCCc1ccc(Cl)cc1Cl. The Kier molecular flexibility index (Phi) is 6.82. The molecule has 0 saturated carbocycles. The lowest BCUT2D eigenvalue weighted by atomic mass is 10.1. The molecule has 0 aliphatic carbocycles. The van der Waals surface area contributed by atoms with E-state index < -0.39 is 11.8 Å². The van der Waals surface area contributed by atoms with Crippen LogP contribution in [0.3, 0.4) is 0 Å². The number of carbonyl (C=O) groups is 2. The molecule has 110 valence electrons. The molecule has 2 amide bonds. The molecule has 0 aromatic heterocycles. The Morgan fingerprint density at radius 1 is 1.15 bits per heavy atom. The van der Waals surface area contributed by atoms with Crippen molar-refractivity contribution < 1.29 is 9.59 Å². The summed E-state index contributed by atoms with van der Waals surface area (Å²) in [6.07, 6.45) is 0.541. The van der Waals surface area contributed by atoms with Crippen LogP contribution in [-0.2, 0) is 16.0 Å². The number of rotatable bonds is 5. The minimum atomic E-state index is -0.629. The Morgan fingerprint density at radius 2 is 1.80 bits per heavy atom. The van der Waals surface area contributed by atoms with Crippen molar-refractivity contribution in [2.45, 2.75) is 20.3 Å². The van der Waals surface area contributed by atoms with Gasteiger partial charge >= 0.3 is 11.8 Å². The highest BCUT2D eigenvalue weighted by atomic mass is 35.5. The zero-order valence-corrected chi connectivity index (χ0v) is 13.0. The molecule has 1 rings (SSSR count). The van der Waals surface area contributed by atoms with E-state index in [2.05, 4.69) is 10.6 Å². The summed E-state index contributed by atoms with van der Waals surface area (Å²) in [7, 11) is 0. The maximum atomic E-state index is 11.5. The Bertz CT molecular complexity index is 490. The second-order valence-electron chi connectivity index (χ2n) is 4.85. The maximum Gasteiger partial charge on any atom is 0.309 e.